The fourth-order valence-electron chi connectivity index (χ4n) is 2.22. The van der Waals surface area contributed by atoms with Crippen molar-refractivity contribution in [1.82, 2.24) is 10.6 Å². The Morgan fingerprint density at radius 3 is 2.73 bits per heavy atom. The van der Waals surface area contributed by atoms with Gasteiger partial charge in [0, 0.05) is 18.7 Å². The first-order chi connectivity index (χ1) is 10.1. The molecule has 1 fully saturated rings. The molecular weight excluding hydrogens is 310 g/mol. The summed E-state index contributed by atoms with van der Waals surface area (Å²) in [5.74, 6) is 0.732. The van der Waals surface area contributed by atoms with E-state index in [-0.39, 0.29) is 30.6 Å². The molecule has 1 aromatic carbocycles. The number of piperidine rings is 1. The van der Waals surface area contributed by atoms with Gasteiger partial charge in [0.1, 0.15) is 5.75 Å². The van der Waals surface area contributed by atoms with Crippen LogP contribution in [0.15, 0.2) is 24.3 Å². The van der Waals surface area contributed by atoms with Gasteiger partial charge in [-0.2, -0.15) is 0 Å². The number of nitro groups is 1. The smallest absolute Gasteiger partial charge is 0.269 e. The van der Waals surface area contributed by atoms with Gasteiger partial charge >= 0.3 is 0 Å². The number of ether oxygens (including phenoxy) is 1. The molecule has 1 heterocycles. The SMILES string of the molecule is Cl.O=C(COc1ccc([N+](=O)[O-])cc1)NCC1CCCNC1. The van der Waals surface area contributed by atoms with Crippen LogP contribution in [0.1, 0.15) is 12.8 Å². The van der Waals surface area contributed by atoms with Crippen molar-refractivity contribution in [3.05, 3.63) is 34.4 Å². The molecule has 0 spiro atoms. The van der Waals surface area contributed by atoms with E-state index in [2.05, 4.69) is 10.6 Å². The predicted octanol–water partition coefficient (Wildman–Crippen LogP) is 1.51. The predicted molar refractivity (Wildman–Crippen MR) is 84.4 cm³/mol. The Kier molecular flexibility index (Phi) is 7.62. The number of halogens is 1. The minimum absolute atomic E-state index is 0. The third-order valence-corrected chi connectivity index (χ3v) is 3.40. The highest BCUT2D eigenvalue weighted by molar-refractivity contribution is 5.85. The van der Waals surface area contributed by atoms with Crippen molar-refractivity contribution in [2.75, 3.05) is 26.2 Å². The fourth-order valence-corrected chi connectivity index (χ4v) is 2.22. The van der Waals surface area contributed by atoms with Crippen molar-refractivity contribution in [2.45, 2.75) is 12.8 Å². The maximum absolute atomic E-state index is 11.7. The lowest BCUT2D eigenvalue weighted by molar-refractivity contribution is -0.384. The number of carbonyl (C=O) groups is 1. The number of benzene rings is 1. The number of nitrogens with one attached hydrogen (secondary N) is 2. The standard InChI is InChI=1S/C14H19N3O4.ClH/c18-14(16-9-11-2-1-7-15-8-11)10-21-13-5-3-12(4-6-13)17(19)20;/h3-6,11,15H,1-2,7-10H2,(H,16,18);1H. The van der Waals surface area contributed by atoms with E-state index in [0.717, 1.165) is 25.9 Å². The van der Waals surface area contributed by atoms with E-state index in [4.69, 9.17) is 4.74 Å². The first-order valence-corrected chi connectivity index (χ1v) is 7.00. The summed E-state index contributed by atoms with van der Waals surface area (Å²) >= 11 is 0. The lowest BCUT2D eigenvalue weighted by atomic mass is 10.00. The molecule has 8 heteroatoms. The summed E-state index contributed by atoms with van der Waals surface area (Å²) in [7, 11) is 0. The van der Waals surface area contributed by atoms with Gasteiger partial charge in [-0.05, 0) is 44.0 Å². The number of nitrogens with zero attached hydrogens (tertiary/aromatic N) is 1. The summed E-state index contributed by atoms with van der Waals surface area (Å²) < 4.78 is 5.29. The second-order valence-electron chi connectivity index (χ2n) is 5.06. The summed E-state index contributed by atoms with van der Waals surface area (Å²) in [5, 5.41) is 16.6. The number of carbonyl (C=O) groups excluding carboxylic acids is 1. The van der Waals surface area contributed by atoms with Crippen molar-refractivity contribution >= 4 is 24.0 Å². The Labute approximate surface area is 135 Å². The van der Waals surface area contributed by atoms with Gasteiger partial charge < -0.3 is 15.4 Å². The van der Waals surface area contributed by atoms with E-state index in [1.165, 1.54) is 24.3 Å². The van der Waals surface area contributed by atoms with E-state index in [0.29, 0.717) is 18.2 Å². The second kappa shape index (κ2) is 9.22. The molecule has 1 amide bonds. The molecule has 0 bridgehead atoms. The summed E-state index contributed by atoms with van der Waals surface area (Å²) in [5.41, 5.74) is -0.00315. The first kappa shape index (κ1) is 18.2. The number of nitro benzene ring substituents is 1. The van der Waals surface area contributed by atoms with Crippen LogP contribution in [0.3, 0.4) is 0 Å². The van der Waals surface area contributed by atoms with Crippen molar-refractivity contribution in [3.8, 4) is 5.75 Å². The average Bonchev–Trinajstić information content (AvgIpc) is 2.52. The maximum Gasteiger partial charge on any atom is 0.269 e. The van der Waals surface area contributed by atoms with Gasteiger partial charge in [-0.25, -0.2) is 0 Å². The van der Waals surface area contributed by atoms with Crippen molar-refractivity contribution in [2.24, 2.45) is 5.92 Å². The molecule has 7 nitrogen and oxygen atoms in total. The highest BCUT2D eigenvalue weighted by Gasteiger charge is 2.14. The minimum atomic E-state index is -0.477. The molecule has 122 valence electrons. The molecule has 1 aromatic rings. The molecule has 1 aliphatic heterocycles. The van der Waals surface area contributed by atoms with Gasteiger partial charge in [0.05, 0.1) is 4.92 Å². The molecule has 1 unspecified atom stereocenters. The van der Waals surface area contributed by atoms with E-state index in [1.807, 2.05) is 0 Å². The Hall–Kier alpha value is -1.86. The van der Waals surface area contributed by atoms with Gasteiger partial charge in [0.2, 0.25) is 0 Å². The average molecular weight is 330 g/mol. The largest absolute Gasteiger partial charge is 0.484 e. The van der Waals surface area contributed by atoms with Crippen LogP contribution in [0.25, 0.3) is 0 Å². The summed E-state index contributed by atoms with van der Waals surface area (Å²) in [6, 6.07) is 5.66. The molecule has 0 aliphatic carbocycles. The summed E-state index contributed by atoms with van der Waals surface area (Å²) in [6.45, 7) is 2.55. The normalized spacial score (nSPS) is 17.2. The van der Waals surface area contributed by atoms with Crippen LogP contribution in [-0.2, 0) is 4.79 Å². The van der Waals surface area contributed by atoms with Crippen molar-refractivity contribution in [3.63, 3.8) is 0 Å². The molecule has 1 saturated heterocycles. The zero-order valence-electron chi connectivity index (χ0n) is 12.1. The second-order valence-corrected chi connectivity index (χ2v) is 5.06. The van der Waals surface area contributed by atoms with Crippen LogP contribution in [0.2, 0.25) is 0 Å². The zero-order chi connectivity index (χ0) is 15.1. The Morgan fingerprint density at radius 2 is 2.14 bits per heavy atom. The number of hydrogen-bond acceptors (Lipinski definition) is 5. The molecule has 2 N–H and O–H groups in total. The van der Waals surface area contributed by atoms with E-state index >= 15 is 0 Å². The summed E-state index contributed by atoms with van der Waals surface area (Å²) in [4.78, 5) is 21.7. The van der Waals surface area contributed by atoms with Gasteiger partial charge in [0.15, 0.2) is 6.61 Å². The molecular formula is C14H20ClN3O4. The Balaban J connectivity index is 0.00000242. The highest BCUT2D eigenvalue weighted by Crippen LogP contribution is 2.17. The third-order valence-electron chi connectivity index (χ3n) is 3.40. The quantitative estimate of drug-likeness (QED) is 0.609. The number of hydrogen-bond donors (Lipinski definition) is 2. The Bertz CT molecular complexity index is 489. The van der Waals surface area contributed by atoms with Crippen LogP contribution in [0, 0.1) is 16.0 Å². The molecule has 2 rings (SSSR count). The van der Waals surface area contributed by atoms with Gasteiger partial charge in [-0.15, -0.1) is 12.4 Å². The van der Waals surface area contributed by atoms with Crippen LogP contribution < -0.4 is 15.4 Å². The van der Waals surface area contributed by atoms with E-state index < -0.39 is 4.92 Å². The van der Waals surface area contributed by atoms with E-state index in [1.54, 1.807) is 0 Å². The van der Waals surface area contributed by atoms with E-state index in [9.17, 15) is 14.9 Å². The van der Waals surface area contributed by atoms with Crippen LogP contribution in [0.4, 0.5) is 5.69 Å². The molecule has 1 atom stereocenters. The van der Waals surface area contributed by atoms with Crippen LogP contribution >= 0.6 is 12.4 Å². The molecule has 22 heavy (non-hydrogen) atoms. The van der Waals surface area contributed by atoms with Crippen molar-refractivity contribution < 1.29 is 14.5 Å². The lowest BCUT2D eigenvalue weighted by Gasteiger charge is -2.22. The van der Waals surface area contributed by atoms with Gasteiger partial charge in [-0.1, -0.05) is 0 Å². The monoisotopic (exact) mass is 329 g/mol. The van der Waals surface area contributed by atoms with Crippen LogP contribution in [-0.4, -0.2) is 37.1 Å². The lowest BCUT2D eigenvalue weighted by Crippen LogP contribution is -2.39. The maximum atomic E-state index is 11.7. The van der Waals surface area contributed by atoms with Crippen molar-refractivity contribution in [1.29, 1.82) is 0 Å². The molecule has 0 saturated carbocycles. The Morgan fingerprint density at radius 1 is 1.41 bits per heavy atom. The highest BCUT2D eigenvalue weighted by atomic mass is 35.5. The molecule has 1 aliphatic rings. The minimum Gasteiger partial charge on any atom is -0.484 e. The topological polar surface area (TPSA) is 93.5 Å². The van der Waals surface area contributed by atoms with Gasteiger partial charge in [-0.3, -0.25) is 14.9 Å². The summed E-state index contributed by atoms with van der Waals surface area (Å²) in [6.07, 6.45) is 2.26. The number of non-ortho nitro benzene ring substituents is 1. The number of amides is 1. The third kappa shape index (κ3) is 5.87. The number of rotatable bonds is 6. The van der Waals surface area contributed by atoms with Crippen LogP contribution in [0.5, 0.6) is 5.75 Å². The first-order valence-electron chi connectivity index (χ1n) is 7.00. The van der Waals surface area contributed by atoms with Gasteiger partial charge in [0.25, 0.3) is 11.6 Å². The molecule has 0 aromatic heterocycles. The zero-order valence-corrected chi connectivity index (χ0v) is 12.9. The molecule has 0 radical (unpaired) electrons. The fraction of sp³-hybridized carbons (Fsp3) is 0.500.